The van der Waals surface area contributed by atoms with Crippen LogP contribution < -0.4 is 0 Å². The minimum atomic E-state index is -0.320. The molecule has 0 fully saturated rings. The van der Waals surface area contributed by atoms with Crippen molar-refractivity contribution in [1.82, 2.24) is 10.1 Å². The Hall–Kier alpha value is -2.04. The minimum Gasteiger partial charge on any atom is -0.339 e. The fraction of sp³-hybridized carbons (Fsp3) is 0.357. The maximum absolute atomic E-state index is 12.8. The number of carbonyl (C=O) groups is 1. The zero-order valence-corrected chi connectivity index (χ0v) is 10.9. The monoisotopic (exact) mass is 262 g/mol. The highest BCUT2D eigenvalue weighted by Gasteiger charge is 2.13. The van der Waals surface area contributed by atoms with Crippen molar-refractivity contribution in [2.75, 3.05) is 0 Å². The van der Waals surface area contributed by atoms with Crippen LogP contribution in [0, 0.1) is 11.7 Å². The molecule has 0 atom stereocenters. The van der Waals surface area contributed by atoms with Crippen LogP contribution in [0.1, 0.15) is 26.2 Å². The summed E-state index contributed by atoms with van der Waals surface area (Å²) in [5.41, 5.74) is 0.660. The summed E-state index contributed by atoms with van der Waals surface area (Å²) >= 11 is 0. The van der Waals surface area contributed by atoms with Gasteiger partial charge in [-0.3, -0.25) is 4.79 Å². The van der Waals surface area contributed by atoms with Gasteiger partial charge in [0.2, 0.25) is 11.7 Å². The number of halogens is 1. The Bertz CT molecular complexity index is 561. The summed E-state index contributed by atoms with van der Waals surface area (Å²) in [6.45, 7) is 3.96. The largest absolute Gasteiger partial charge is 0.339 e. The lowest BCUT2D eigenvalue weighted by molar-refractivity contribution is -0.119. The molecule has 0 saturated heterocycles. The molecule has 0 aliphatic carbocycles. The van der Waals surface area contributed by atoms with Crippen LogP contribution in [0.4, 0.5) is 4.39 Å². The van der Waals surface area contributed by atoms with Crippen molar-refractivity contribution in [1.29, 1.82) is 0 Å². The fourth-order valence-electron chi connectivity index (χ4n) is 1.74. The first-order valence-corrected chi connectivity index (χ1v) is 6.15. The van der Waals surface area contributed by atoms with Gasteiger partial charge in [-0.15, -0.1) is 0 Å². The molecule has 2 aromatic rings. The van der Waals surface area contributed by atoms with E-state index in [0.29, 0.717) is 29.6 Å². The maximum Gasteiger partial charge on any atom is 0.234 e. The number of aromatic nitrogens is 2. The van der Waals surface area contributed by atoms with Crippen molar-refractivity contribution in [3.8, 4) is 11.4 Å². The molecule has 0 N–H and O–H groups in total. The second kappa shape index (κ2) is 5.73. The molecule has 1 heterocycles. The van der Waals surface area contributed by atoms with E-state index in [-0.39, 0.29) is 18.0 Å². The molecule has 0 saturated carbocycles. The molecule has 19 heavy (non-hydrogen) atoms. The molecule has 1 aromatic carbocycles. The van der Waals surface area contributed by atoms with Crippen molar-refractivity contribution < 1.29 is 13.7 Å². The third kappa shape index (κ3) is 3.71. The predicted molar refractivity (Wildman–Crippen MR) is 67.9 cm³/mol. The number of carbonyl (C=O) groups excluding carboxylic acids is 1. The third-order valence-electron chi connectivity index (χ3n) is 2.55. The van der Waals surface area contributed by atoms with Gasteiger partial charge >= 0.3 is 0 Å². The average molecular weight is 262 g/mol. The van der Waals surface area contributed by atoms with Gasteiger partial charge in [0.25, 0.3) is 0 Å². The number of nitrogens with zero attached hydrogens (tertiary/aromatic N) is 2. The first-order valence-electron chi connectivity index (χ1n) is 6.15. The zero-order chi connectivity index (χ0) is 13.8. The van der Waals surface area contributed by atoms with Crippen LogP contribution in [0.5, 0.6) is 0 Å². The van der Waals surface area contributed by atoms with Crippen molar-refractivity contribution in [2.24, 2.45) is 5.92 Å². The molecule has 4 nitrogen and oxygen atoms in total. The van der Waals surface area contributed by atoms with Crippen molar-refractivity contribution >= 4 is 5.78 Å². The molecular formula is C14H15FN2O2. The van der Waals surface area contributed by atoms with Gasteiger partial charge < -0.3 is 4.52 Å². The number of benzene rings is 1. The Morgan fingerprint density at radius 2 is 2.00 bits per heavy atom. The van der Waals surface area contributed by atoms with Crippen LogP contribution in [0.15, 0.2) is 28.8 Å². The first-order chi connectivity index (χ1) is 9.04. The van der Waals surface area contributed by atoms with Gasteiger partial charge in [-0.2, -0.15) is 4.98 Å². The first kappa shape index (κ1) is 13.4. The van der Waals surface area contributed by atoms with Crippen molar-refractivity contribution in [3.05, 3.63) is 36.0 Å². The number of hydrogen-bond acceptors (Lipinski definition) is 4. The van der Waals surface area contributed by atoms with E-state index in [0.717, 1.165) is 0 Å². The molecule has 0 aliphatic heterocycles. The second-order valence-electron chi connectivity index (χ2n) is 4.83. The fourth-order valence-corrected chi connectivity index (χ4v) is 1.74. The zero-order valence-electron chi connectivity index (χ0n) is 10.9. The Morgan fingerprint density at radius 3 is 2.63 bits per heavy atom. The predicted octanol–water partition coefficient (Wildman–Crippen LogP) is 3.03. The summed E-state index contributed by atoms with van der Waals surface area (Å²) in [5.74, 6) is 0.730. The summed E-state index contributed by atoms with van der Waals surface area (Å²) in [5, 5.41) is 3.79. The summed E-state index contributed by atoms with van der Waals surface area (Å²) < 4.78 is 17.8. The minimum absolute atomic E-state index is 0.0734. The van der Waals surface area contributed by atoms with Crippen molar-refractivity contribution in [2.45, 2.75) is 26.7 Å². The maximum atomic E-state index is 12.8. The van der Waals surface area contributed by atoms with E-state index in [4.69, 9.17) is 4.52 Å². The highest BCUT2D eigenvalue weighted by Crippen LogP contribution is 2.16. The van der Waals surface area contributed by atoms with E-state index in [2.05, 4.69) is 10.1 Å². The summed E-state index contributed by atoms with van der Waals surface area (Å²) in [6, 6.07) is 5.80. The Labute approximate surface area is 110 Å². The molecule has 5 heteroatoms. The Kier molecular flexibility index (Phi) is 4.04. The lowest BCUT2D eigenvalue weighted by atomic mass is 10.1. The molecule has 100 valence electrons. The van der Waals surface area contributed by atoms with Crippen LogP contribution in [0.2, 0.25) is 0 Å². The molecule has 0 unspecified atom stereocenters. The smallest absolute Gasteiger partial charge is 0.234 e. The average Bonchev–Trinajstić information content (AvgIpc) is 2.77. The van der Waals surface area contributed by atoms with Gasteiger partial charge in [0, 0.05) is 12.0 Å². The molecule has 2 rings (SSSR count). The van der Waals surface area contributed by atoms with E-state index < -0.39 is 0 Å². The van der Waals surface area contributed by atoms with Gasteiger partial charge in [-0.1, -0.05) is 19.0 Å². The van der Waals surface area contributed by atoms with E-state index in [9.17, 15) is 9.18 Å². The van der Waals surface area contributed by atoms with Gasteiger partial charge in [0.1, 0.15) is 11.6 Å². The van der Waals surface area contributed by atoms with Crippen LogP contribution in [-0.4, -0.2) is 15.9 Å². The van der Waals surface area contributed by atoms with Crippen LogP contribution >= 0.6 is 0 Å². The van der Waals surface area contributed by atoms with Gasteiger partial charge in [0.15, 0.2) is 0 Å². The molecule has 0 radical (unpaired) electrons. The van der Waals surface area contributed by atoms with Crippen LogP contribution in [-0.2, 0) is 11.2 Å². The molecule has 0 aliphatic rings. The number of hydrogen-bond donors (Lipinski definition) is 0. The van der Waals surface area contributed by atoms with E-state index in [1.807, 2.05) is 13.8 Å². The lowest BCUT2D eigenvalue weighted by Crippen LogP contribution is -2.06. The SMILES string of the molecule is CC(C)CC(=O)Cc1nc(-c2ccc(F)cc2)no1. The normalized spacial score (nSPS) is 10.9. The highest BCUT2D eigenvalue weighted by molar-refractivity contribution is 5.80. The highest BCUT2D eigenvalue weighted by atomic mass is 19.1. The lowest BCUT2D eigenvalue weighted by Gasteiger charge is -2.00. The van der Waals surface area contributed by atoms with E-state index >= 15 is 0 Å². The molecular weight excluding hydrogens is 247 g/mol. The van der Waals surface area contributed by atoms with Crippen molar-refractivity contribution in [3.63, 3.8) is 0 Å². The van der Waals surface area contributed by atoms with Gasteiger partial charge in [-0.25, -0.2) is 4.39 Å². The Morgan fingerprint density at radius 1 is 1.32 bits per heavy atom. The number of rotatable bonds is 5. The molecule has 0 bridgehead atoms. The standard InChI is InChI=1S/C14H15FN2O2/c1-9(2)7-12(18)8-13-16-14(17-19-13)10-3-5-11(15)6-4-10/h3-6,9H,7-8H2,1-2H3. The summed E-state index contributed by atoms with van der Waals surface area (Å²) in [4.78, 5) is 15.8. The summed E-state index contributed by atoms with van der Waals surface area (Å²) in [7, 11) is 0. The number of ketones is 1. The van der Waals surface area contributed by atoms with Crippen LogP contribution in [0.25, 0.3) is 11.4 Å². The molecule has 0 amide bonds. The third-order valence-corrected chi connectivity index (χ3v) is 2.55. The second-order valence-corrected chi connectivity index (χ2v) is 4.83. The number of Topliss-reactive ketones (excluding diaryl/α,β-unsaturated/α-hetero) is 1. The quantitative estimate of drug-likeness (QED) is 0.831. The van der Waals surface area contributed by atoms with Gasteiger partial charge in [0.05, 0.1) is 6.42 Å². The molecule has 1 aromatic heterocycles. The van der Waals surface area contributed by atoms with E-state index in [1.54, 1.807) is 12.1 Å². The summed E-state index contributed by atoms with van der Waals surface area (Å²) in [6.07, 6.45) is 0.640. The topological polar surface area (TPSA) is 56.0 Å². The van der Waals surface area contributed by atoms with E-state index in [1.165, 1.54) is 12.1 Å². The molecule has 0 spiro atoms. The van der Waals surface area contributed by atoms with Gasteiger partial charge in [-0.05, 0) is 30.2 Å². The van der Waals surface area contributed by atoms with Crippen LogP contribution in [0.3, 0.4) is 0 Å². The Balaban J connectivity index is 2.07.